The molecule has 0 saturated heterocycles. The molecule has 0 aromatic carbocycles. The number of hydrogen-bond acceptors (Lipinski definition) is 2. The van der Waals surface area contributed by atoms with Crippen LogP contribution in [-0.4, -0.2) is 25.1 Å². The van der Waals surface area contributed by atoms with E-state index >= 15 is 0 Å². The summed E-state index contributed by atoms with van der Waals surface area (Å²) in [6, 6.07) is 0.736. The molecule has 12 heavy (non-hydrogen) atoms. The van der Waals surface area contributed by atoms with E-state index < -0.39 is 0 Å². The molecule has 0 rings (SSSR count). The highest BCUT2D eigenvalue weighted by atomic mass is 32.2. The van der Waals surface area contributed by atoms with Crippen LogP contribution in [0.4, 0.5) is 0 Å². The fourth-order valence-electron chi connectivity index (χ4n) is 1.23. The summed E-state index contributed by atoms with van der Waals surface area (Å²) >= 11 is 1.94. The van der Waals surface area contributed by atoms with Crippen molar-refractivity contribution in [1.29, 1.82) is 0 Å². The predicted molar refractivity (Wildman–Crippen MR) is 59.9 cm³/mol. The van der Waals surface area contributed by atoms with Gasteiger partial charge in [0.1, 0.15) is 0 Å². The van der Waals surface area contributed by atoms with Crippen molar-refractivity contribution in [3.63, 3.8) is 0 Å². The molecule has 0 radical (unpaired) electrons. The van der Waals surface area contributed by atoms with Crippen molar-refractivity contribution in [2.45, 2.75) is 39.2 Å². The molecule has 1 N–H and O–H groups in total. The Bertz CT molecular complexity index is 93.8. The lowest BCUT2D eigenvalue weighted by Gasteiger charge is -2.16. The van der Waals surface area contributed by atoms with E-state index in [2.05, 4.69) is 32.5 Å². The molecule has 0 aliphatic heterocycles. The first kappa shape index (κ1) is 12.3. The number of thioether (sulfide) groups is 1. The first-order chi connectivity index (χ1) is 5.70. The van der Waals surface area contributed by atoms with Crippen LogP contribution in [0.25, 0.3) is 0 Å². The standard InChI is InChI=1S/C10H23NS/c1-9(2)5-6-10(11-3)7-8-12-4/h9-11H,5-8H2,1-4H3. The van der Waals surface area contributed by atoms with Gasteiger partial charge in [-0.05, 0) is 44.2 Å². The fraction of sp³-hybridized carbons (Fsp3) is 1.00. The van der Waals surface area contributed by atoms with Crippen molar-refractivity contribution in [3.8, 4) is 0 Å². The van der Waals surface area contributed by atoms with Gasteiger partial charge in [-0.2, -0.15) is 11.8 Å². The second-order valence-electron chi connectivity index (χ2n) is 3.74. The molecule has 0 heterocycles. The summed E-state index contributed by atoms with van der Waals surface area (Å²) in [5.41, 5.74) is 0. The van der Waals surface area contributed by atoms with E-state index in [1.165, 1.54) is 25.0 Å². The van der Waals surface area contributed by atoms with Crippen LogP contribution in [0.2, 0.25) is 0 Å². The van der Waals surface area contributed by atoms with E-state index in [0.29, 0.717) is 0 Å². The van der Waals surface area contributed by atoms with Crippen molar-refractivity contribution < 1.29 is 0 Å². The molecule has 0 spiro atoms. The van der Waals surface area contributed by atoms with Gasteiger partial charge in [-0.3, -0.25) is 0 Å². The Morgan fingerprint density at radius 2 is 1.83 bits per heavy atom. The van der Waals surface area contributed by atoms with Gasteiger partial charge in [0.2, 0.25) is 0 Å². The minimum Gasteiger partial charge on any atom is -0.317 e. The average molecular weight is 189 g/mol. The number of hydrogen-bond donors (Lipinski definition) is 1. The van der Waals surface area contributed by atoms with Gasteiger partial charge in [0.15, 0.2) is 0 Å². The van der Waals surface area contributed by atoms with Crippen LogP contribution in [0.1, 0.15) is 33.1 Å². The van der Waals surface area contributed by atoms with E-state index in [1.807, 2.05) is 11.8 Å². The normalized spacial score (nSPS) is 13.8. The van der Waals surface area contributed by atoms with Gasteiger partial charge >= 0.3 is 0 Å². The molecule has 0 aliphatic carbocycles. The van der Waals surface area contributed by atoms with Crippen LogP contribution in [0.5, 0.6) is 0 Å². The van der Waals surface area contributed by atoms with Gasteiger partial charge in [-0.1, -0.05) is 13.8 Å². The first-order valence-electron chi connectivity index (χ1n) is 4.87. The van der Waals surface area contributed by atoms with Crippen LogP contribution >= 0.6 is 11.8 Å². The largest absolute Gasteiger partial charge is 0.317 e. The van der Waals surface area contributed by atoms with Gasteiger partial charge in [0.05, 0.1) is 0 Å². The maximum absolute atomic E-state index is 3.38. The molecular weight excluding hydrogens is 166 g/mol. The first-order valence-corrected chi connectivity index (χ1v) is 6.26. The molecule has 0 bridgehead atoms. The molecule has 0 aromatic heterocycles. The van der Waals surface area contributed by atoms with Gasteiger partial charge in [-0.15, -0.1) is 0 Å². The molecule has 1 nitrogen and oxygen atoms in total. The predicted octanol–water partition coefficient (Wildman–Crippen LogP) is 2.76. The molecule has 0 saturated carbocycles. The fourth-order valence-corrected chi connectivity index (χ4v) is 1.75. The quantitative estimate of drug-likeness (QED) is 0.661. The van der Waals surface area contributed by atoms with E-state index in [0.717, 1.165) is 12.0 Å². The second-order valence-corrected chi connectivity index (χ2v) is 4.72. The van der Waals surface area contributed by atoms with Crippen molar-refractivity contribution in [1.82, 2.24) is 5.32 Å². The monoisotopic (exact) mass is 189 g/mol. The van der Waals surface area contributed by atoms with Crippen LogP contribution in [0.3, 0.4) is 0 Å². The molecule has 74 valence electrons. The van der Waals surface area contributed by atoms with Crippen molar-refractivity contribution >= 4 is 11.8 Å². The highest BCUT2D eigenvalue weighted by molar-refractivity contribution is 7.98. The maximum atomic E-state index is 3.38. The molecule has 1 unspecified atom stereocenters. The van der Waals surface area contributed by atoms with Gasteiger partial charge < -0.3 is 5.32 Å². The number of nitrogens with one attached hydrogen (secondary N) is 1. The third kappa shape index (κ3) is 6.99. The topological polar surface area (TPSA) is 12.0 Å². The van der Waals surface area contributed by atoms with Gasteiger partial charge in [-0.25, -0.2) is 0 Å². The third-order valence-corrected chi connectivity index (χ3v) is 2.82. The van der Waals surface area contributed by atoms with E-state index in [9.17, 15) is 0 Å². The summed E-state index contributed by atoms with van der Waals surface area (Å²) in [5.74, 6) is 2.12. The Morgan fingerprint density at radius 1 is 1.17 bits per heavy atom. The zero-order valence-corrected chi connectivity index (χ0v) is 9.71. The molecule has 0 fully saturated rings. The average Bonchev–Trinajstić information content (AvgIpc) is 2.05. The smallest absolute Gasteiger partial charge is 0.00720 e. The van der Waals surface area contributed by atoms with Crippen molar-refractivity contribution in [2.75, 3.05) is 19.1 Å². The van der Waals surface area contributed by atoms with Gasteiger partial charge in [0, 0.05) is 6.04 Å². The molecule has 0 aromatic rings. The highest BCUT2D eigenvalue weighted by Gasteiger charge is 2.05. The van der Waals surface area contributed by atoms with Crippen LogP contribution in [0.15, 0.2) is 0 Å². The third-order valence-electron chi connectivity index (χ3n) is 2.17. The second kappa shape index (κ2) is 7.93. The zero-order valence-electron chi connectivity index (χ0n) is 8.89. The Balaban J connectivity index is 3.39. The molecule has 1 atom stereocenters. The molecule has 2 heteroatoms. The van der Waals surface area contributed by atoms with Crippen molar-refractivity contribution in [2.24, 2.45) is 5.92 Å². The summed E-state index contributed by atoms with van der Waals surface area (Å²) in [6.45, 7) is 4.59. The summed E-state index contributed by atoms with van der Waals surface area (Å²) in [7, 11) is 2.07. The van der Waals surface area contributed by atoms with Gasteiger partial charge in [0.25, 0.3) is 0 Å². The minimum atomic E-state index is 0.736. The van der Waals surface area contributed by atoms with Crippen LogP contribution in [0, 0.1) is 5.92 Å². The van der Waals surface area contributed by atoms with Crippen molar-refractivity contribution in [3.05, 3.63) is 0 Å². The lowest BCUT2D eigenvalue weighted by atomic mass is 10.0. The lowest BCUT2D eigenvalue weighted by molar-refractivity contribution is 0.446. The SMILES string of the molecule is CNC(CCSC)CCC(C)C. The highest BCUT2D eigenvalue weighted by Crippen LogP contribution is 2.10. The Morgan fingerprint density at radius 3 is 2.25 bits per heavy atom. The molecule has 0 aliphatic rings. The lowest BCUT2D eigenvalue weighted by Crippen LogP contribution is -2.26. The summed E-state index contributed by atoms with van der Waals surface area (Å²) < 4.78 is 0. The van der Waals surface area contributed by atoms with E-state index in [1.54, 1.807) is 0 Å². The summed E-state index contributed by atoms with van der Waals surface area (Å²) in [5, 5.41) is 3.38. The minimum absolute atomic E-state index is 0.736. The number of rotatable bonds is 7. The Labute approximate surface area is 81.7 Å². The Hall–Kier alpha value is 0.310. The summed E-state index contributed by atoms with van der Waals surface area (Å²) in [4.78, 5) is 0. The van der Waals surface area contributed by atoms with E-state index in [4.69, 9.17) is 0 Å². The summed E-state index contributed by atoms with van der Waals surface area (Å²) in [6.07, 6.45) is 6.16. The van der Waals surface area contributed by atoms with Crippen LogP contribution in [-0.2, 0) is 0 Å². The molecule has 0 amide bonds. The molecular formula is C10H23NS. The maximum Gasteiger partial charge on any atom is 0.00720 e. The van der Waals surface area contributed by atoms with E-state index in [-0.39, 0.29) is 0 Å². The zero-order chi connectivity index (χ0) is 9.40. The van der Waals surface area contributed by atoms with Crippen LogP contribution < -0.4 is 5.32 Å². The Kier molecular flexibility index (Phi) is 8.14.